The van der Waals surface area contributed by atoms with Gasteiger partial charge in [0.1, 0.15) is 5.82 Å². The lowest BCUT2D eigenvalue weighted by Crippen LogP contribution is -2.09. The molecule has 0 radical (unpaired) electrons. The first-order valence-electron chi connectivity index (χ1n) is 3.71. The molecule has 5 heteroatoms. The summed E-state index contributed by atoms with van der Waals surface area (Å²) in [6, 6.07) is 0. The monoisotopic (exact) mass is 206 g/mol. The zero-order chi connectivity index (χ0) is 8.97. The predicted octanol–water partition coefficient (Wildman–Crippen LogP) is 1.98. The molecule has 3 nitrogen and oxygen atoms in total. The number of aromatic nitrogens is 1. The van der Waals surface area contributed by atoms with Gasteiger partial charge in [0.25, 0.3) is 0 Å². The molecule has 1 aromatic heterocycles. The highest BCUT2D eigenvalue weighted by atomic mass is 35.5. The summed E-state index contributed by atoms with van der Waals surface area (Å²) in [7, 11) is 0. The van der Waals surface area contributed by atoms with E-state index in [2.05, 4.69) is 10.3 Å². The summed E-state index contributed by atoms with van der Waals surface area (Å²) < 4.78 is 0.537. The molecule has 0 aliphatic rings. The van der Waals surface area contributed by atoms with Crippen LogP contribution in [-0.2, 0) is 0 Å². The second kappa shape index (κ2) is 4.64. The highest BCUT2D eigenvalue weighted by molar-refractivity contribution is 7.14. The average Bonchev–Trinajstić information content (AvgIpc) is 2.35. The van der Waals surface area contributed by atoms with E-state index in [-0.39, 0.29) is 6.10 Å². The van der Waals surface area contributed by atoms with Crippen LogP contribution in [0.4, 0.5) is 5.82 Å². The number of aliphatic hydroxyl groups excluding tert-OH is 1. The maximum Gasteiger partial charge on any atom is 0.185 e. The van der Waals surface area contributed by atoms with Crippen LogP contribution in [-0.4, -0.2) is 22.7 Å². The maximum atomic E-state index is 8.95. The van der Waals surface area contributed by atoms with Gasteiger partial charge in [0, 0.05) is 11.9 Å². The smallest absolute Gasteiger partial charge is 0.185 e. The minimum atomic E-state index is -0.272. The summed E-state index contributed by atoms with van der Waals surface area (Å²) in [5.74, 6) is 0.783. The number of aliphatic hydroxyl groups is 1. The number of hydrogen-bond donors (Lipinski definition) is 2. The van der Waals surface area contributed by atoms with Crippen LogP contribution in [0.3, 0.4) is 0 Å². The molecule has 0 aliphatic heterocycles. The van der Waals surface area contributed by atoms with Gasteiger partial charge in [-0.3, -0.25) is 0 Å². The Morgan fingerprint density at radius 3 is 3.08 bits per heavy atom. The first-order valence-corrected chi connectivity index (χ1v) is 4.97. The number of rotatable bonds is 4. The van der Waals surface area contributed by atoms with Crippen molar-refractivity contribution >= 4 is 28.8 Å². The predicted molar refractivity (Wildman–Crippen MR) is 51.9 cm³/mol. The third-order valence-electron chi connectivity index (χ3n) is 1.34. The Balaban J connectivity index is 2.24. The lowest BCUT2D eigenvalue weighted by molar-refractivity contribution is 0.188. The van der Waals surface area contributed by atoms with Crippen LogP contribution in [0.5, 0.6) is 0 Å². The first-order chi connectivity index (χ1) is 5.68. The number of nitrogens with one attached hydrogen (secondary N) is 1. The van der Waals surface area contributed by atoms with Crippen LogP contribution in [0.15, 0.2) is 5.38 Å². The van der Waals surface area contributed by atoms with Crippen molar-refractivity contribution in [2.75, 3.05) is 11.9 Å². The largest absolute Gasteiger partial charge is 0.393 e. The standard InChI is InChI=1S/C7H11ClN2OS/c1-5(11)2-3-9-6-4-12-7(8)10-6/h4-5,9,11H,2-3H2,1H3. The van der Waals surface area contributed by atoms with Gasteiger partial charge in [-0.2, -0.15) is 0 Å². The van der Waals surface area contributed by atoms with Gasteiger partial charge in [-0.25, -0.2) is 4.98 Å². The summed E-state index contributed by atoms with van der Waals surface area (Å²) in [6.45, 7) is 2.48. The normalized spacial score (nSPS) is 12.9. The molecule has 1 rings (SSSR count). The summed E-state index contributed by atoms with van der Waals surface area (Å²) in [6.07, 6.45) is 0.446. The molecule has 0 fully saturated rings. The molecular formula is C7H11ClN2OS. The average molecular weight is 207 g/mol. The van der Waals surface area contributed by atoms with Gasteiger partial charge in [0.05, 0.1) is 6.10 Å². The molecule has 0 saturated carbocycles. The molecule has 1 aromatic rings. The molecule has 68 valence electrons. The summed E-state index contributed by atoms with van der Waals surface area (Å²) in [5, 5.41) is 13.9. The van der Waals surface area contributed by atoms with Gasteiger partial charge >= 0.3 is 0 Å². The van der Waals surface area contributed by atoms with E-state index < -0.39 is 0 Å². The fraction of sp³-hybridized carbons (Fsp3) is 0.571. The first kappa shape index (κ1) is 9.77. The molecule has 12 heavy (non-hydrogen) atoms. The lowest BCUT2D eigenvalue weighted by atomic mass is 10.3. The molecule has 1 atom stereocenters. The van der Waals surface area contributed by atoms with Gasteiger partial charge in [0.15, 0.2) is 4.47 Å². The molecule has 0 aromatic carbocycles. The van der Waals surface area contributed by atoms with Crippen molar-refractivity contribution in [2.45, 2.75) is 19.4 Å². The second-order valence-electron chi connectivity index (χ2n) is 2.55. The molecule has 0 aliphatic carbocycles. The van der Waals surface area contributed by atoms with Crippen LogP contribution in [0.1, 0.15) is 13.3 Å². The Kier molecular flexibility index (Phi) is 3.78. The Labute approximate surface area is 80.4 Å². The van der Waals surface area contributed by atoms with E-state index in [1.54, 1.807) is 6.92 Å². The fourth-order valence-corrected chi connectivity index (χ4v) is 1.46. The van der Waals surface area contributed by atoms with Crippen molar-refractivity contribution in [1.29, 1.82) is 0 Å². The molecule has 1 heterocycles. The second-order valence-corrected chi connectivity index (χ2v) is 3.99. The van der Waals surface area contributed by atoms with Crippen molar-refractivity contribution in [3.8, 4) is 0 Å². The van der Waals surface area contributed by atoms with Crippen molar-refractivity contribution in [3.05, 3.63) is 9.85 Å². The Bertz CT molecular complexity index is 239. The van der Waals surface area contributed by atoms with E-state index >= 15 is 0 Å². The molecule has 1 unspecified atom stereocenters. The van der Waals surface area contributed by atoms with E-state index in [0.29, 0.717) is 4.47 Å². The number of halogens is 1. The quantitative estimate of drug-likeness (QED) is 0.792. The van der Waals surface area contributed by atoms with Crippen LogP contribution < -0.4 is 5.32 Å². The number of anilines is 1. The third-order valence-corrected chi connectivity index (χ3v) is 2.32. The zero-order valence-electron chi connectivity index (χ0n) is 6.75. The van der Waals surface area contributed by atoms with E-state index in [1.165, 1.54) is 11.3 Å². The van der Waals surface area contributed by atoms with E-state index in [4.69, 9.17) is 16.7 Å². The van der Waals surface area contributed by atoms with E-state index in [0.717, 1.165) is 18.8 Å². The Hall–Kier alpha value is -0.320. The third kappa shape index (κ3) is 3.38. The Morgan fingerprint density at radius 2 is 2.58 bits per heavy atom. The number of nitrogens with zero attached hydrogens (tertiary/aromatic N) is 1. The SMILES string of the molecule is CC(O)CCNc1csc(Cl)n1. The van der Waals surface area contributed by atoms with Crippen LogP contribution in [0.2, 0.25) is 4.47 Å². The Morgan fingerprint density at radius 1 is 1.83 bits per heavy atom. The van der Waals surface area contributed by atoms with Crippen molar-refractivity contribution in [1.82, 2.24) is 4.98 Å². The highest BCUT2D eigenvalue weighted by Crippen LogP contribution is 2.18. The minimum Gasteiger partial charge on any atom is -0.393 e. The topological polar surface area (TPSA) is 45.1 Å². The summed E-state index contributed by atoms with van der Waals surface area (Å²) >= 11 is 7.01. The highest BCUT2D eigenvalue weighted by Gasteiger charge is 1.99. The summed E-state index contributed by atoms with van der Waals surface area (Å²) in [5.41, 5.74) is 0. The van der Waals surface area contributed by atoms with Gasteiger partial charge in [-0.1, -0.05) is 11.6 Å². The molecule has 0 saturated heterocycles. The van der Waals surface area contributed by atoms with Crippen LogP contribution in [0, 0.1) is 0 Å². The van der Waals surface area contributed by atoms with Gasteiger partial charge in [-0.05, 0) is 13.3 Å². The molecular weight excluding hydrogens is 196 g/mol. The maximum absolute atomic E-state index is 8.95. The zero-order valence-corrected chi connectivity index (χ0v) is 8.32. The van der Waals surface area contributed by atoms with Gasteiger partial charge in [-0.15, -0.1) is 11.3 Å². The van der Waals surface area contributed by atoms with Crippen molar-refractivity contribution in [3.63, 3.8) is 0 Å². The summed E-state index contributed by atoms with van der Waals surface area (Å²) in [4.78, 5) is 4.00. The molecule has 2 N–H and O–H groups in total. The van der Waals surface area contributed by atoms with Crippen LogP contribution in [0.25, 0.3) is 0 Å². The van der Waals surface area contributed by atoms with Crippen molar-refractivity contribution < 1.29 is 5.11 Å². The number of thiazole rings is 1. The van der Waals surface area contributed by atoms with E-state index in [9.17, 15) is 0 Å². The number of hydrogen-bond acceptors (Lipinski definition) is 4. The van der Waals surface area contributed by atoms with Crippen LogP contribution >= 0.6 is 22.9 Å². The van der Waals surface area contributed by atoms with Gasteiger partial charge < -0.3 is 10.4 Å². The molecule has 0 bridgehead atoms. The van der Waals surface area contributed by atoms with Gasteiger partial charge in [0.2, 0.25) is 0 Å². The fourth-order valence-electron chi connectivity index (χ4n) is 0.742. The minimum absolute atomic E-state index is 0.272. The van der Waals surface area contributed by atoms with Crippen molar-refractivity contribution in [2.24, 2.45) is 0 Å². The van der Waals surface area contributed by atoms with E-state index in [1.807, 2.05) is 5.38 Å². The molecule has 0 spiro atoms. The molecule has 0 amide bonds. The lowest BCUT2D eigenvalue weighted by Gasteiger charge is -2.04.